The van der Waals surface area contributed by atoms with E-state index in [1.807, 2.05) is 6.92 Å². The number of aromatic nitrogens is 1. The standard InChI is InChI=1S/C12H12BrF2N3/c1-3-6-5(2)17-12-8(15)4-7(14)10(13)9(12)11(6)18-16/h4H,3,16H2,1-2H3,(H,17,18). The van der Waals surface area contributed by atoms with Gasteiger partial charge in [0, 0.05) is 17.1 Å². The smallest absolute Gasteiger partial charge is 0.152 e. The van der Waals surface area contributed by atoms with Gasteiger partial charge in [0.05, 0.1) is 10.2 Å². The lowest BCUT2D eigenvalue weighted by Gasteiger charge is -2.15. The van der Waals surface area contributed by atoms with Crippen LogP contribution in [0.15, 0.2) is 10.5 Å². The minimum absolute atomic E-state index is 0.103. The minimum Gasteiger partial charge on any atom is -0.323 e. The van der Waals surface area contributed by atoms with Crippen molar-refractivity contribution in [1.82, 2.24) is 4.98 Å². The number of hydrogen-bond acceptors (Lipinski definition) is 3. The third-order valence-corrected chi connectivity index (χ3v) is 3.69. The van der Waals surface area contributed by atoms with Crippen molar-refractivity contribution >= 4 is 32.5 Å². The van der Waals surface area contributed by atoms with E-state index >= 15 is 0 Å². The molecule has 1 heterocycles. The number of aryl methyl sites for hydroxylation is 1. The summed E-state index contributed by atoms with van der Waals surface area (Å²) in [4.78, 5) is 4.19. The van der Waals surface area contributed by atoms with Gasteiger partial charge in [-0.05, 0) is 34.8 Å². The molecule has 2 aromatic rings. The van der Waals surface area contributed by atoms with E-state index in [2.05, 4.69) is 26.3 Å². The topological polar surface area (TPSA) is 50.9 Å². The lowest BCUT2D eigenvalue weighted by molar-refractivity contribution is 0.586. The summed E-state index contributed by atoms with van der Waals surface area (Å²) < 4.78 is 27.5. The summed E-state index contributed by atoms with van der Waals surface area (Å²) in [5.74, 6) is 4.11. The number of nitrogens with zero attached hydrogens (tertiary/aromatic N) is 1. The highest BCUT2D eigenvalue weighted by Crippen LogP contribution is 2.36. The lowest BCUT2D eigenvalue weighted by atomic mass is 10.0. The molecule has 0 radical (unpaired) electrons. The molecule has 3 N–H and O–H groups in total. The second-order valence-electron chi connectivity index (χ2n) is 3.93. The molecule has 0 atom stereocenters. The number of benzene rings is 1. The zero-order valence-electron chi connectivity index (χ0n) is 9.94. The predicted octanol–water partition coefficient (Wildman–Crippen LogP) is 3.43. The van der Waals surface area contributed by atoms with E-state index in [-0.39, 0.29) is 9.99 Å². The van der Waals surface area contributed by atoms with Gasteiger partial charge in [-0.25, -0.2) is 13.8 Å². The van der Waals surface area contributed by atoms with E-state index in [9.17, 15) is 8.78 Å². The van der Waals surface area contributed by atoms with Gasteiger partial charge in [-0.3, -0.25) is 5.84 Å². The number of nitrogens with one attached hydrogen (secondary N) is 1. The largest absolute Gasteiger partial charge is 0.323 e. The van der Waals surface area contributed by atoms with E-state index in [1.54, 1.807) is 6.92 Å². The van der Waals surface area contributed by atoms with Gasteiger partial charge in [0.25, 0.3) is 0 Å². The van der Waals surface area contributed by atoms with Crippen LogP contribution in [0.3, 0.4) is 0 Å². The maximum atomic E-state index is 13.8. The SMILES string of the molecule is CCc1c(C)nc2c(F)cc(F)c(Br)c2c1NN. The van der Waals surface area contributed by atoms with E-state index in [0.717, 1.165) is 11.6 Å². The van der Waals surface area contributed by atoms with Crippen LogP contribution in [0.2, 0.25) is 0 Å². The molecule has 0 spiro atoms. The highest BCUT2D eigenvalue weighted by molar-refractivity contribution is 9.10. The van der Waals surface area contributed by atoms with Gasteiger partial charge < -0.3 is 5.43 Å². The first-order valence-corrected chi connectivity index (χ1v) is 6.23. The maximum Gasteiger partial charge on any atom is 0.152 e. The summed E-state index contributed by atoms with van der Waals surface area (Å²) in [6.07, 6.45) is 0.666. The van der Waals surface area contributed by atoms with Crippen LogP contribution in [0.5, 0.6) is 0 Å². The molecule has 96 valence electrons. The Morgan fingerprint density at radius 1 is 1.39 bits per heavy atom. The van der Waals surface area contributed by atoms with Gasteiger partial charge in [0.2, 0.25) is 0 Å². The number of hydrazine groups is 1. The average molecular weight is 316 g/mol. The van der Waals surface area contributed by atoms with Crippen LogP contribution in [-0.2, 0) is 6.42 Å². The first kappa shape index (κ1) is 13.2. The number of pyridine rings is 1. The monoisotopic (exact) mass is 315 g/mol. The van der Waals surface area contributed by atoms with Gasteiger partial charge in [0.15, 0.2) is 5.82 Å². The predicted molar refractivity (Wildman–Crippen MR) is 71.3 cm³/mol. The van der Waals surface area contributed by atoms with Crippen LogP contribution < -0.4 is 11.3 Å². The second kappa shape index (κ2) is 4.78. The molecule has 1 aromatic heterocycles. The maximum absolute atomic E-state index is 13.8. The van der Waals surface area contributed by atoms with Crippen molar-refractivity contribution in [1.29, 1.82) is 0 Å². The first-order chi connectivity index (χ1) is 8.51. The Kier molecular flexibility index (Phi) is 3.49. The van der Waals surface area contributed by atoms with Crippen LogP contribution in [0, 0.1) is 18.6 Å². The number of halogens is 3. The van der Waals surface area contributed by atoms with Crippen LogP contribution in [0.25, 0.3) is 10.9 Å². The van der Waals surface area contributed by atoms with E-state index < -0.39 is 11.6 Å². The third-order valence-electron chi connectivity index (χ3n) is 2.91. The van der Waals surface area contributed by atoms with Crippen LogP contribution >= 0.6 is 15.9 Å². The summed E-state index contributed by atoms with van der Waals surface area (Å²) in [6.45, 7) is 3.70. The number of anilines is 1. The molecule has 0 saturated heterocycles. The van der Waals surface area contributed by atoms with Crippen molar-refractivity contribution in [3.8, 4) is 0 Å². The molecule has 18 heavy (non-hydrogen) atoms. The van der Waals surface area contributed by atoms with Gasteiger partial charge in [-0.1, -0.05) is 6.92 Å². The molecule has 2 rings (SSSR count). The zero-order chi connectivity index (χ0) is 13.4. The van der Waals surface area contributed by atoms with Crippen molar-refractivity contribution in [3.63, 3.8) is 0 Å². The number of nitrogen functional groups attached to an aromatic ring is 1. The highest BCUT2D eigenvalue weighted by Gasteiger charge is 2.18. The summed E-state index contributed by atoms with van der Waals surface area (Å²) in [5.41, 5.74) is 4.65. The number of rotatable bonds is 2. The fourth-order valence-corrected chi connectivity index (χ4v) is 2.58. The van der Waals surface area contributed by atoms with Gasteiger partial charge in [-0.15, -0.1) is 0 Å². The molecule has 0 fully saturated rings. The van der Waals surface area contributed by atoms with Crippen molar-refractivity contribution < 1.29 is 8.78 Å². The number of nitrogens with two attached hydrogens (primary N) is 1. The fraction of sp³-hybridized carbons (Fsp3) is 0.250. The molecule has 0 bridgehead atoms. The molecule has 3 nitrogen and oxygen atoms in total. The van der Waals surface area contributed by atoms with E-state index in [4.69, 9.17) is 5.84 Å². The zero-order valence-corrected chi connectivity index (χ0v) is 11.5. The first-order valence-electron chi connectivity index (χ1n) is 5.44. The van der Waals surface area contributed by atoms with Gasteiger partial charge >= 0.3 is 0 Å². The molecular weight excluding hydrogens is 304 g/mol. The Hall–Kier alpha value is -1.27. The summed E-state index contributed by atoms with van der Waals surface area (Å²) in [6, 6.07) is 0.810. The Labute approximate surface area is 111 Å². The molecule has 1 aromatic carbocycles. The van der Waals surface area contributed by atoms with Gasteiger partial charge in [-0.2, -0.15) is 0 Å². The number of hydrogen-bond donors (Lipinski definition) is 2. The molecule has 0 amide bonds. The Bertz CT molecular complexity index is 629. The molecule has 6 heteroatoms. The van der Waals surface area contributed by atoms with Gasteiger partial charge in [0.1, 0.15) is 11.3 Å². The quantitative estimate of drug-likeness (QED) is 0.507. The fourth-order valence-electron chi connectivity index (χ4n) is 2.08. The van der Waals surface area contributed by atoms with E-state index in [1.165, 1.54) is 0 Å². The Morgan fingerprint density at radius 3 is 2.61 bits per heavy atom. The number of fused-ring (bicyclic) bond motifs is 1. The van der Waals surface area contributed by atoms with E-state index in [0.29, 0.717) is 23.2 Å². The lowest BCUT2D eigenvalue weighted by Crippen LogP contribution is -2.12. The van der Waals surface area contributed by atoms with Crippen molar-refractivity contribution in [3.05, 3.63) is 33.4 Å². The third kappa shape index (κ3) is 1.85. The summed E-state index contributed by atoms with van der Waals surface area (Å²) >= 11 is 3.12. The minimum atomic E-state index is -0.701. The molecular formula is C12H12BrF2N3. The average Bonchev–Trinajstić information content (AvgIpc) is 2.34. The van der Waals surface area contributed by atoms with Crippen molar-refractivity contribution in [2.75, 3.05) is 5.43 Å². The molecule has 0 aliphatic carbocycles. The van der Waals surface area contributed by atoms with Crippen LogP contribution in [0.4, 0.5) is 14.5 Å². The van der Waals surface area contributed by atoms with Crippen LogP contribution in [0.1, 0.15) is 18.2 Å². The highest BCUT2D eigenvalue weighted by atomic mass is 79.9. The van der Waals surface area contributed by atoms with Crippen LogP contribution in [-0.4, -0.2) is 4.98 Å². The molecule has 0 unspecified atom stereocenters. The molecule has 0 aliphatic rings. The van der Waals surface area contributed by atoms with Crippen molar-refractivity contribution in [2.45, 2.75) is 20.3 Å². The Morgan fingerprint density at radius 2 is 2.06 bits per heavy atom. The Balaban J connectivity index is 3.03. The normalized spacial score (nSPS) is 11.0. The van der Waals surface area contributed by atoms with Crippen molar-refractivity contribution in [2.24, 2.45) is 5.84 Å². The summed E-state index contributed by atoms with van der Waals surface area (Å²) in [7, 11) is 0. The molecule has 0 aliphatic heterocycles. The summed E-state index contributed by atoms with van der Waals surface area (Å²) in [5, 5.41) is 0.331. The molecule has 0 saturated carbocycles. The second-order valence-corrected chi connectivity index (χ2v) is 4.72.